The van der Waals surface area contributed by atoms with Crippen molar-refractivity contribution in [2.45, 2.75) is 38.1 Å². The van der Waals surface area contributed by atoms with Gasteiger partial charge in [0, 0.05) is 17.5 Å². The van der Waals surface area contributed by atoms with Gasteiger partial charge in [0.15, 0.2) is 5.78 Å². The highest BCUT2D eigenvalue weighted by molar-refractivity contribution is 5.97. The molecule has 0 amide bonds. The maximum Gasteiger partial charge on any atom is 0.164 e. The number of halogens is 1. The fourth-order valence-electron chi connectivity index (χ4n) is 2.05. The summed E-state index contributed by atoms with van der Waals surface area (Å²) in [7, 11) is 0. The first kappa shape index (κ1) is 11.3. The number of nitrogens with two attached hydrogens (primary N) is 1. The van der Waals surface area contributed by atoms with Crippen molar-refractivity contribution in [1.82, 2.24) is 0 Å². The fraction of sp³-hybridized carbons (Fsp3) is 0.462. The number of rotatable bonds is 3. The molecular weight excluding hydrogens is 205 g/mol. The molecule has 2 nitrogen and oxygen atoms in total. The molecule has 1 aromatic carbocycles. The van der Waals surface area contributed by atoms with Gasteiger partial charge in [-0.3, -0.25) is 4.79 Å². The van der Waals surface area contributed by atoms with E-state index in [0.29, 0.717) is 17.5 Å². The Morgan fingerprint density at radius 3 is 2.69 bits per heavy atom. The second-order valence-corrected chi connectivity index (χ2v) is 4.78. The number of aryl methyl sites for hydroxylation is 1. The Kier molecular flexibility index (Phi) is 2.80. The average molecular weight is 221 g/mol. The SMILES string of the molecule is Cc1cc(C(=O)CC2(N)CCC2)ccc1F. The van der Waals surface area contributed by atoms with Gasteiger partial charge in [-0.25, -0.2) is 4.39 Å². The standard InChI is InChI=1S/C13H16FNO/c1-9-7-10(3-4-11(9)14)12(16)8-13(15)5-2-6-13/h3-4,7H,2,5-6,8,15H2,1H3. The molecule has 0 heterocycles. The van der Waals surface area contributed by atoms with Crippen LogP contribution in [0.15, 0.2) is 18.2 Å². The third kappa shape index (κ3) is 2.14. The van der Waals surface area contributed by atoms with E-state index in [1.807, 2.05) is 0 Å². The number of carbonyl (C=O) groups is 1. The zero-order valence-corrected chi connectivity index (χ0v) is 9.42. The van der Waals surface area contributed by atoms with Crippen molar-refractivity contribution in [2.24, 2.45) is 5.73 Å². The van der Waals surface area contributed by atoms with E-state index in [9.17, 15) is 9.18 Å². The third-order valence-electron chi connectivity index (χ3n) is 3.34. The topological polar surface area (TPSA) is 43.1 Å². The van der Waals surface area contributed by atoms with Crippen LogP contribution in [0.25, 0.3) is 0 Å². The molecule has 2 rings (SSSR count). The van der Waals surface area contributed by atoms with E-state index in [-0.39, 0.29) is 17.1 Å². The van der Waals surface area contributed by atoms with Crippen LogP contribution >= 0.6 is 0 Å². The minimum absolute atomic E-state index is 0.0188. The summed E-state index contributed by atoms with van der Waals surface area (Å²) in [5.41, 5.74) is 6.78. The van der Waals surface area contributed by atoms with Crippen LogP contribution in [0, 0.1) is 12.7 Å². The van der Waals surface area contributed by atoms with Crippen molar-refractivity contribution in [3.8, 4) is 0 Å². The quantitative estimate of drug-likeness (QED) is 0.797. The molecule has 0 saturated heterocycles. The van der Waals surface area contributed by atoms with E-state index < -0.39 is 0 Å². The second kappa shape index (κ2) is 3.98. The molecule has 0 aromatic heterocycles. The molecule has 1 aliphatic rings. The highest BCUT2D eigenvalue weighted by Crippen LogP contribution is 2.33. The molecule has 2 N–H and O–H groups in total. The van der Waals surface area contributed by atoms with E-state index in [0.717, 1.165) is 19.3 Å². The van der Waals surface area contributed by atoms with Gasteiger partial charge in [0.05, 0.1) is 0 Å². The van der Waals surface area contributed by atoms with Crippen molar-refractivity contribution in [3.63, 3.8) is 0 Å². The summed E-state index contributed by atoms with van der Waals surface area (Å²) in [5, 5.41) is 0. The Balaban J connectivity index is 2.11. The first-order chi connectivity index (χ1) is 7.50. The summed E-state index contributed by atoms with van der Waals surface area (Å²) in [6.07, 6.45) is 3.31. The zero-order valence-electron chi connectivity index (χ0n) is 9.42. The summed E-state index contributed by atoms with van der Waals surface area (Å²) in [6, 6.07) is 4.47. The predicted molar refractivity (Wildman–Crippen MR) is 60.9 cm³/mol. The van der Waals surface area contributed by atoms with Crippen molar-refractivity contribution >= 4 is 5.78 Å². The lowest BCUT2D eigenvalue weighted by atomic mass is 9.74. The first-order valence-electron chi connectivity index (χ1n) is 5.58. The van der Waals surface area contributed by atoms with Crippen LogP contribution < -0.4 is 5.73 Å². The normalized spacial score (nSPS) is 17.9. The summed E-state index contributed by atoms with van der Waals surface area (Å²) >= 11 is 0. The van der Waals surface area contributed by atoms with Gasteiger partial charge in [-0.05, 0) is 49.9 Å². The van der Waals surface area contributed by atoms with Crippen LogP contribution in [0.5, 0.6) is 0 Å². The molecule has 0 unspecified atom stereocenters. The summed E-state index contributed by atoms with van der Waals surface area (Å²) in [4.78, 5) is 11.9. The number of benzene rings is 1. The van der Waals surface area contributed by atoms with Crippen molar-refractivity contribution < 1.29 is 9.18 Å². The maximum absolute atomic E-state index is 13.0. The molecule has 1 aromatic rings. The van der Waals surface area contributed by atoms with Gasteiger partial charge in [-0.2, -0.15) is 0 Å². The van der Waals surface area contributed by atoms with Crippen molar-refractivity contribution in [1.29, 1.82) is 0 Å². The van der Waals surface area contributed by atoms with Gasteiger partial charge >= 0.3 is 0 Å². The Labute approximate surface area is 94.6 Å². The first-order valence-corrected chi connectivity index (χ1v) is 5.58. The predicted octanol–water partition coefficient (Wildman–Crippen LogP) is 2.59. The van der Waals surface area contributed by atoms with Gasteiger partial charge in [-0.15, -0.1) is 0 Å². The van der Waals surface area contributed by atoms with Crippen LogP contribution in [0.3, 0.4) is 0 Å². The highest BCUT2D eigenvalue weighted by atomic mass is 19.1. The van der Waals surface area contributed by atoms with Crippen LogP contribution in [0.1, 0.15) is 41.6 Å². The molecule has 1 fully saturated rings. The van der Waals surface area contributed by atoms with Crippen LogP contribution in [-0.2, 0) is 0 Å². The van der Waals surface area contributed by atoms with Crippen LogP contribution in [0.4, 0.5) is 4.39 Å². The van der Waals surface area contributed by atoms with Gasteiger partial charge in [0.2, 0.25) is 0 Å². The van der Waals surface area contributed by atoms with E-state index >= 15 is 0 Å². The minimum Gasteiger partial charge on any atom is -0.325 e. The van der Waals surface area contributed by atoms with E-state index in [1.165, 1.54) is 12.1 Å². The number of Topliss-reactive ketones (excluding diaryl/α,β-unsaturated/α-hetero) is 1. The molecular formula is C13H16FNO. The molecule has 0 radical (unpaired) electrons. The smallest absolute Gasteiger partial charge is 0.164 e. The molecule has 86 valence electrons. The van der Waals surface area contributed by atoms with Gasteiger partial charge < -0.3 is 5.73 Å². The maximum atomic E-state index is 13.0. The van der Waals surface area contributed by atoms with E-state index in [1.54, 1.807) is 13.0 Å². The highest BCUT2D eigenvalue weighted by Gasteiger charge is 2.34. The zero-order chi connectivity index (χ0) is 11.8. The summed E-state index contributed by atoms with van der Waals surface area (Å²) < 4.78 is 13.0. The number of ketones is 1. The molecule has 0 spiro atoms. The van der Waals surface area contributed by atoms with Gasteiger partial charge in [0.25, 0.3) is 0 Å². The van der Waals surface area contributed by atoms with Gasteiger partial charge in [0.1, 0.15) is 5.82 Å². The lowest BCUT2D eigenvalue weighted by molar-refractivity contribution is 0.0912. The molecule has 1 saturated carbocycles. The fourth-order valence-corrected chi connectivity index (χ4v) is 2.05. The molecule has 0 atom stereocenters. The Morgan fingerprint density at radius 1 is 1.50 bits per heavy atom. The van der Waals surface area contributed by atoms with Crippen molar-refractivity contribution in [3.05, 3.63) is 35.1 Å². The lowest BCUT2D eigenvalue weighted by Crippen LogP contribution is -2.48. The lowest BCUT2D eigenvalue weighted by Gasteiger charge is -2.37. The third-order valence-corrected chi connectivity index (χ3v) is 3.34. The molecule has 0 bridgehead atoms. The van der Waals surface area contributed by atoms with Crippen LogP contribution in [0.2, 0.25) is 0 Å². The van der Waals surface area contributed by atoms with Crippen LogP contribution in [-0.4, -0.2) is 11.3 Å². The minimum atomic E-state index is -0.306. The van der Waals surface area contributed by atoms with E-state index in [4.69, 9.17) is 5.73 Å². The summed E-state index contributed by atoms with van der Waals surface area (Å²) in [5.74, 6) is -0.257. The Hall–Kier alpha value is -1.22. The molecule has 16 heavy (non-hydrogen) atoms. The van der Waals surface area contributed by atoms with Crippen molar-refractivity contribution in [2.75, 3.05) is 0 Å². The largest absolute Gasteiger partial charge is 0.325 e. The summed E-state index contributed by atoms with van der Waals surface area (Å²) in [6.45, 7) is 1.66. The monoisotopic (exact) mass is 221 g/mol. The number of hydrogen-bond acceptors (Lipinski definition) is 2. The number of hydrogen-bond donors (Lipinski definition) is 1. The van der Waals surface area contributed by atoms with Gasteiger partial charge in [-0.1, -0.05) is 0 Å². The molecule has 3 heteroatoms. The molecule has 0 aliphatic heterocycles. The number of carbonyl (C=O) groups excluding carboxylic acids is 1. The average Bonchev–Trinajstić information content (AvgIpc) is 2.19. The Bertz CT molecular complexity index is 424. The van der Waals surface area contributed by atoms with E-state index in [2.05, 4.69) is 0 Å². The molecule has 1 aliphatic carbocycles. The second-order valence-electron chi connectivity index (χ2n) is 4.78. The Morgan fingerprint density at radius 2 is 2.19 bits per heavy atom.